The summed E-state index contributed by atoms with van der Waals surface area (Å²) in [5.41, 5.74) is -0.729. The number of rotatable bonds is 4. The van der Waals surface area contributed by atoms with Crippen LogP contribution >= 0.6 is 11.6 Å². The zero-order valence-corrected chi connectivity index (χ0v) is 16.0. The maximum absolute atomic E-state index is 13.0. The van der Waals surface area contributed by atoms with Gasteiger partial charge in [-0.05, 0) is 24.3 Å². The molecule has 1 aliphatic rings. The minimum Gasteiger partial charge on any atom is -0.336 e. The van der Waals surface area contributed by atoms with Crippen molar-refractivity contribution in [2.24, 2.45) is 0 Å². The normalized spacial score (nSPS) is 15.2. The van der Waals surface area contributed by atoms with E-state index in [1.54, 1.807) is 15.9 Å². The Bertz CT molecular complexity index is 899. The van der Waals surface area contributed by atoms with Crippen molar-refractivity contribution in [1.29, 1.82) is 0 Å². The Morgan fingerprint density at radius 2 is 1.79 bits per heavy atom. The van der Waals surface area contributed by atoms with E-state index in [-0.39, 0.29) is 23.3 Å². The molecule has 1 saturated heterocycles. The molecule has 2 aromatic rings. The number of pyridine rings is 1. The van der Waals surface area contributed by atoms with Gasteiger partial charge in [0.2, 0.25) is 5.91 Å². The van der Waals surface area contributed by atoms with Crippen LogP contribution in [0.4, 0.5) is 18.9 Å². The largest absolute Gasteiger partial charge is 0.418 e. The highest BCUT2D eigenvalue weighted by Gasteiger charge is 2.33. The molecule has 6 nitrogen and oxygen atoms in total. The highest BCUT2D eigenvalue weighted by atomic mass is 35.5. The number of carbonyl (C=O) groups excluding carboxylic acids is 2. The Morgan fingerprint density at radius 1 is 1.10 bits per heavy atom. The van der Waals surface area contributed by atoms with Crippen molar-refractivity contribution >= 4 is 29.1 Å². The molecule has 2 heterocycles. The third-order valence-electron chi connectivity index (χ3n) is 4.51. The van der Waals surface area contributed by atoms with Crippen LogP contribution in [-0.2, 0) is 11.0 Å². The van der Waals surface area contributed by atoms with Crippen molar-refractivity contribution in [2.75, 3.05) is 38.0 Å². The predicted molar refractivity (Wildman–Crippen MR) is 102 cm³/mol. The van der Waals surface area contributed by atoms with E-state index in [4.69, 9.17) is 11.6 Å². The topological polar surface area (TPSA) is 65.5 Å². The zero-order chi connectivity index (χ0) is 21.0. The number of hydrogen-bond acceptors (Lipinski definition) is 4. The number of halogens is 4. The minimum atomic E-state index is -4.55. The summed E-state index contributed by atoms with van der Waals surface area (Å²) >= 11 is 5.81. The van der Waals surface area contributed by atoms with E-state index >= 15 is 0 Å². The molecule has 1 aromatic carbocycles. The molecule has 1 N–H and O–H groups in total. The fourth-order valence-electron chi connectivity index (χ4n) is 3.06. The van der Waals surface area contributed by atoms with Gasteiger partial charge in [0.1, 0.15) is 5.15 Å². The molecule has 0 saturated carbocycles. The van der Waals surface area contributed by atoms with Crippen LogP contribution in [0.3, 0.4) is 0 Å². The van der Waals surface area contributed by atoms with Gasteiger partial charge in [-0.2, -0.15) is 13.2 Å². The number of alkyl halides is 3. The number of hydrogen-bond donors (Lipinski definition) is 1. The molecule has 0 unspecified atom stereocenters. The van der Waals surface area contributed by atoms with Gasteiger partial charge in [-0.3, -0.25) is 14.5 Å². The molecule has 1 aromatic heterocycles. The van der Waals surface area contributed by atoms with Crippen molar-refractivity contribution in [2.45, 2.75) is 6.18 Å². The number of amides is 2. The number of nitrogens with zero attached hydrogens (tertiary/aromatic N) is 3. The van der Waals surface area contributed by atoms with Gasteiger partial charge in [-0.25, -0.2) is 4.98 Å². The van der Waals surface area contributed by atoms with Gasteiger partial charge < -0.3 is 10.2 Å². The van der Waals surface area contributed by atoms with Crippen LogP contribution in [0.1, 0.15) is 15.9 Å². The molecule has 2 amide bonds. The molecule has 29 heavy (non-hydrogen) atoms. The number of para-hydroxylation sites is 1. The first-order valence-corrected chi connectivity index (χ1v) is 9.21. The van der Waals surface area contributed by atoms with Gasteiger partial charge in [0, 0.05) is 37.9 Å². The molecule has 0 atom stereocenters. The summed E-state index contributed by atoms with van der Waals surface area (Å²) in [6, 6.07) is 7.90. The molecule has 1 aliphatic heterocycles. The number of benzene rings is 1. The quantitative estimate of drug-likeness (QED) is 0.763. The molecular formula is C19H18ClF3N4O2. The molecule has 0 spiro atoms. The maximum Gasteiger partial charge on any atom is 0.418 e. The van der Waals surface area contributed by atoms with Crippen molar-refractivity contribution in [3.8, 4) is 0 Å². The van der Waals surface area contributed by atoms with E-state index in [0.29, 0.717) is 31.7 Å². The van der Waals surface area contributed by atoms with Crippen LogP contribution in [0.15, 0.2) is 42.6 Å². The minimum absolute atomic E-state index is 0.0602. The van der Waals surface area contributed by atoms with Crippen LogP contribution in [0.5, 0.6) is 0 Å². The predicted octanol–water partition coefficient (Wildman–Crippen LogP) is 3.15. The van der Waals surface area contributed by atoms with Crippen molar-refractivity contribution in [3.05, 3.63) is 58.9 Å². The smallest absolute Gasteiger partial charge is 0.336 e. The molecule has 154 valence electrons. The van der Waals surface area contributed by atoms with Gasteiger partial charge >= 0.3 is 6.18 Å². The van der Waals surface area contributed by atoms with Crippen LogP contribution in [0.2, 0.25) is 5.15 Å². The first-order chi connectivity index (χ1) is 13.7. The lowest BCUT2D eigenvalue weighted by Gasteiger charge is -2.34. The highest BCUT2D eigenvalue weighted by Crippen LogP contribution is 2.34. The Morgan fingerprint density at radius 3 is 2.45 bits per heavy atom. The molecule has 3 rings (SSSR count). The second-order valence-corrected chi connectivity index (χ2v) is 6.91. The van der Waals surface area contributed by atoms with Gasteiger partial charge in [0.25, 0.3) is 5.91 Å². The zero-order valence-electron chi connectivity index (χ0n) is 15.2. The van der Waals surface area contributed by atoms with Crippen LogP contribution in [-0.4, -0.2) is 59.3 Å². The first kappa shape index (κ1) is 21.1. The molecular weight excluding hydrogens is 409 g/mol. The molecule has 0 bridgehead atoms. The third-order valence-corrected chi connectivity index (χ3v) is 4.71. The van der Waals surface area contributed by atoms with E-state index in [1.807, 2.05) is 0 Å². The number of anilines is 1. The summed E-state index contributed by atoms with van der Waals surface area (Å²) < 4.78 is 39.1. The van der Waals surface area contributed by atoms with Crippen LogP contribution < -0.4 is 5.32 Å². The fourth-order valence-corrected chi connectivity index (χ4v) is 3.23. The number of nitrogens with one attached hydrogen (secondary N) is 1. The lowest BCUT2D eigenvalue weighted by Crippen LogP contribution is -2.50. The summed E-state index contributed by atoms with van der Waals surface area (Å²) in [6.45, 7) is 1.59. The summed E-state index contributed by atoms with van der Waals surface area (Å²) in [5.74, 6) is -0.722. The maximum atomic E-state index is 13.0. The number of carbonyl (C=O) groups is 2. The Labute approximate surface area is 170 Å². The molecule has 10 heteroatoms. The Hall–Kier alpha value is -2.65. The lowest BCUT2D eigenvalue weighted by molar-refractivity contribution is -0.137. The van der Waals surface area contributed by atoms with Crippen LogP contribution in [0.25, 0.3) is 0 Å². The monoisotopic (exact) mass is 426 g/mol. The number of aromatic nitrogens is 1. The Kier molecular flexibility index (Phi) is 6.39. The summed E-state index contributed by atoms with van der Waals surface area (Å²) in [6.07, 6.45) is -3.10. The second-order valence-electron chi connectivity index (χ2n) is 6.53. The van der Waals surface area contributed by atoms with E-state index in [1.165, 1.54) is 30.5 Å². The second kappa shape index (κ2) is 8.79. The van der Waals surface area contributed by atoms with Crippen LogP contribution in [0, 0.1) is 0 Å². The average Bonchev–Trinajstić information content (AvgIpc) is 2.67. The van der Waals surface area contributed by atoms with Gasteiger partial charge in [0.05, 0.1) is 17.8 Å². The summed E-state index contributed by atoms with van der Waals surface area (Å²) in [7, 11) is 0. The van der Waals surface area contributed by atoms with Gasteiger partial charge in [-0.15, -0.1) is 0 Å². The fraction of sp³-hybridized carbons (Fsp3) is 0.316. The van der Waals surface area contributed by atoms with E-state index in [9.17, 15) is 22.8 Å². The summed E-state index contributed by atoms with van der Waals surface area (Å²) in [5, 5.41) is 2.55. The lowest BCUT2D eigenvalue weighted by atomic mass is 10.1. The average molecular weight is 427 g/mol. The van der Waals surface area contributed by atoms with Gasteiger partial charge in [-0.1, -0.05) is 23.7 Å². The first-order valence-electron chi connectivity index (χ1n) is 8.83. The highest BCUT2D eigenvalue weighted by molar-refractivity contribution is 6.29. The summed E-state index contributed by atoms with van der Waals surface area (Å²) in [4.78, 5) is 32.0. The molecule has 1 fully saturated rings. The molecule has 0 aliphatic carbocycles. The third kappa shape index (κ3) is 5.45. The van der Waals surface area contributed by atoms with Crippen molar-refractivity contribution < 1.29 is 22.8 Å². The van der Waals surface area contributed by atoms with Gasteiger partial charge in [0.15, 0.2) is 0 Å². The van der Waals surface area contributed by atoms with E-state index in [2.05, 4.69) is 10.3 Å². The van der Waals surface area contributed by atoms with E-state index in [0.717, 1.165) is 6.07 Å². The number of piperazine rings is 1. The Balaban J connectivity index is 1.54. The van der Waals surface area contributed by atoms with Crippen molar-refractivity contribution in [3.63, 3.8) is 0 Å². The SMILES string of the molecule is O=C(CN1CCN(C(=O)c2ccnc(Cl)c2)CC1)Nc1ccccc1C(F)(F)F. The van der Waals surface area contributed by atoms with E-state index < -0.39 is 17.6 Å². The standard InChI is InChI=1S/C19H18ClF3N4O2/c20-16-11-13(5-6-24-16)18(29)27-9-7-26(8-10-27)12-17(28)25-15-4-2-1-3-14(15)19(21,22)23/h1-6,11H,7-10,12H2,(H,25,28). The molecule has 0 radical (unpaired) electrons. The van der Waals surface area contributed by atoms with Crippen molar-refractivity contribution in [1.82, 2.24) is 14.8 Å².